The van der Waals surface area contributed by atoms with E-state index in [9.17, 15) is 14.9 Å². The second-order valence-corrected chi connectivity index (χ2v) is 10.4. The largest absolute Gasteiger partial charge is 0.489 e. The average molecular weight is 581 g/mol. The van der Waals surface area contributed by atoms with Crippen LogP contribution in [0.5, 0.6) is 5.75 Å². The Morgan fingerprint density at radius 2 is 1.68 bits per heavy atom. The number of aryl methyl sites for hydroxylation is 1. The van der Waals surface area contributed by atoms with Crippen LogP contribution in [0.25, 0.3) is 23.0 Å². The first-order valence-electron chi connectivity index (χ1n) is 14.1. The topological polar surface area (TPSA) is 101 Å². The number of rotatable bonds is 8. The number of benzene rings is 3. The highest BCUT2D eigenvalue weighted by atomic mass is 16.5. The van der Waals surface area contributed by atoms with Crippen LogP contribution in [-0.4, -0.2) is 26.5 Å². The third-order valence-corrected chi connectivity index (χ3v) is 7.47. The second-order valence-electron chi connectivity index (χ2n) is 10.4. The molecule has 1 aliphatic heterocycles. The van der Waals surface area contributed by atoms with E-state index in [-0.39, 0.29) is 17.7 Å². The summed E-state index contributed by atoms with van der Waals surface area (Å²) >= 11 is 0. The molecule has 2 amide bonds. The van der Waals surface area contributed by atoms with E-state index in [4.69, 9.17) is 14.3 Å². The molecule has 0 aliphatic carbocycles. The first kappa shape index (κ1) is 28.2. The van der Waals surface area contributed by atoms with Crippen LogP contribution >= 0.6 is 0 Å². The van der Waals surface area contributed by atoms with Gasteiger partial charge in [-0.25, -0.2) is 4.68 Å². The van der Waals surface area contributed by atoms with E-state index >= 15 is 0 Å². The van der Waals surface area contributed by atoms with Gasteiger partial charge in [-0.15, -0.1) is 0 Å². The molecule has 1 aliphatic rings. The maximum absolute atomic E-state index is 13.8. The van der Waals surface area contributed by atoms with Crippen molar-refractivity contribution in [3.8, 4) is 28.8 Å². The average Bonchev–Trinajstić information content (AvgIpc) is 3.72. The quantitative estimate of drug-likeness (QED) is 0.148. The number of nitriles is 1. The van der Waals surface area contributed by atoms with Crippen molar-refractivity contribution in [2.24, 2.45) is 0 Å². The molecule has 5 aromatic rings. The van der Waals surface area contributed by atoms with Gasteiger partial charge in [0.25, 0.3) is 11.8 Å². The molecular formula is C36H28N4O4. The Bertz CT molecular complexity index is 1950. The molecule has 3 heterocycles. The van der Waals surface area contributed by atoms with Crippen LogP contribution in [0.3, 0.4) is 0 Å². The zero-order chi connectivity index (χ0) is 30.6. The Labute approximate surface area is 254 Å². The number of para-hydroxylation sites is 1. The molecular weight excluding hydrogens is 552 g/mol. The first-order valence-corrected chi connectivity index (χ1v) is 14.1. The third kappa shape index (κ3) is 5.59. The summed E-state index contributed by atoms with van der Waals surface area (Å²) in [7, 11) is 0. The molecule has 44 heavy (non-hydrogen) atoms. The van der Waals surface area contributed by atoms with Crippen LogP contribution in [-0.2, 0) is 22.7 Å². The molecule has 0 saturated heterocycles. The Balaban J connectivity index is 1.42. The Morgan fingerprint density at radius 3 is 2.36 bits per heavy atom. The van der Waals surface area contributed by atoms with Crippen molar-refractivity contribution in [3.63, 3.8) is 0 Å². The lowest BCUT2D eigenvalue weighted by Gasteiger charge is -2.26. The van der Waals surface area contributed by atoms with Gasteiger partial charge in [-0.1, -0.05) is 48.5 Å². The van der Waals surface area contributed by atoms with E-state index in [1.54, 1.807) is 29.8 Å². The number of furan rings is 1. The number of ether oxygens (including phenoxy) is 1. The number of hydrogen-bond acceptors (Lipinski definition) is 6. The van der Waals surface area contributed by atoms with Crippen molar-refractivity contribution in [3.05, 3.63) is 143 Å². The highest BCUT2D eigenvalue weighted by Crippen LogP contribution is 2.33. The standard InChI is InChI=1S/C36H28N4O4/c1-24-18-27(15-16-33(24)44-23-26-10-5-3-6-11-26)34-28(21-40(38-34)29-12-7-4-8-13-29)19-31-25(2)32(20-37)36(42)39(35(31)41)22-30-14-9-17-43-30/h3-19,21H,22-23H2,1-2H3/b31-19+. The maximum atomic E-state index is 13.8. The smallest absolute Gasteiger partial charge is 0.272 e. The van der Waals surface area contributed by atoms with E-state index in [0.717, 1.165) is 33.0 Å². The van der Waals surface area contributed by atoms with Crippen molar-refractivity contribution in [1.82, 2.24) is 14.7 Å². The molecule has 0 spiro atoms. The van der Waals surface area contributed by atoms with E-state index in [1.165, 1.54) is 6.26 Å². The molecule has 0 atom stereocenters. The van der Waals surface area contributed by atoms with Gasteiger partial charge in [0.05, 0.1) is 24.2 Å². The molecule has 0 N–H and O–H groups in total. The summed E-state index contributed by atoms with van der Waals surface area (Å²) in [6.07, 6.45) is 5.02. The summed E-state index contributed by atoms with van der Waals surface area (Å²) < 4.78 is 13.2. The molecule has 8 nitrogen and oxygen atoms in total. The lowest BCUT2D eigenvalue weighted by atomic mass is 9.93. The first-order chi connectivity index (χ1) is 21.4. The summed E-state index contributed by atoms with van der Waals surface area (Å²) in [4.78, 5) is 27.9. The molecule has 3 aromatic carbocycles. The molecule has 0 unspecified atom stereocenters. The molecule has 2 aromatic heterocycles. The summed E-state index contributed by atoms with van der Waals surface area (Å²) in [6.45, 7) is 3.96. The second kappa shape index (κ2) is 12.1. The van der Waals surface area contributed by atoms with Gasteiger partial charge in [0.2, 0.25) is 0 Å². The van der Waals surface area contributed by atoms with Gasteiger partial charge in [-0.3, -0.25) is 14.5 Å². The lowest BCUT2D eigenvalue weighted by Crippen LogP contribution is -2.42. The molecule has 8 heteroatoms. The van der Waals surface area contributed by atoms with Gasteiger partial charge in [0.15, 0.2) is 0 Å². The fourth-order valence-corrected chi connectivity index (χ4v) is 5.11. The SMILES string of the molecule is CC1=C(C#N)C(=O)N(Cc2ccco2)C(=O)/C1=C/c1cn(-c2ccccc2)nc1-c1ccc(OCc2ccccc2)c(C)c1. The van der Waals surface area contributed by atoms with E-state index in [0.29, 0.717) is 29.2 Å². The van der Waals surface area contributed by atoms with Gasteiger partial charge < -0.3 is 9.15 Å². The molecule has 0 saturated carbocycles. The fourth-order valence-electron chi connectivity index (χ4n) is 5.11. The number of carbonyl (C=O) groups is 2. The number of amides is 2. The third-order valence-electron chi connectivity index (χ3n) is 7.47. The number of aromatic nitrogens is 2. The normalized spacial score (nSPS) is 14.3. The van der Waals surface area contributed by atoms with E-state index in [1.807, 2.05) is 98.1 Å². The van der Waals surface area contributed by atoms with Crippen molar-refractivity contribution in [2.75, 3.05) is 0 Å². The van der Waals surface area contributed by atoms with Gasteiger partial charge in [0.1, 0.15) is 29.8 Å². The Morgan fingerprint density at radius 1 is 0.932 bits per heavy atom. The minimum absolute atomic E-state index is 0.0831. The number of carbonyl (C=O) groups excluding carboxylic acids is 2. The van der Waals surface area contributed by atoms with Gasteiger partial charge in [0, 0.05) is 22.9 Å². The minimum atomic E-state index is -0.648. The van der Waals surface area contributed by atoms with Crippen molar-refractivity contribution in [1.29, 1.82) is 5.26 Å². The predicted molar refractivity (Wildman–Crippen MR) is 165 cm³/mol. The summed E-state index contributed by atoms with van der Waals surface area (Å²) in [5.41, 5.74) is 5.42. The number of hydrogen-bond donors (Lipinski definition) is 0. The monoisotopic (exact) mass is 580 g/mol. The van der Waals surface area contributed by atoms with Gasteiger partial charge in [-0.05, 0) is 79.1 Å². The zero-order valence-electron chi connectivity index (χ0n) is 24.2. The van der Waals surface area contributed by atoms with Crippen molar-refractivity contribution >= 4 is 17.9 Å². The van der Waals surface area contributed by atoms with Crippen LogP contribution in [0.2, 0.25) is 0 Å². The van der Waals surface area contributed by atoms with Gasteiger partial charge in [-0.2, -0.15) is 10.4 Å². The minimum Gasteiger partial charge on any atom is -0.489 e. The summed E-state index contributed by atoms with van der Waals surface area (Å²) in [5.74, 6) is 0.0325. The molecule has 0 radical (unpaired) electrons. The lowest BCUT2D eigenvalue weighted by molar-refractivity contribution is -0.141. The summed E-state index contributed by atoms with van der Waals surface area (Å²) in [6, 6.07) is 30.8. The molecule has 0 fully saturated rings. The van der Waals surface area contributed by atoms with Crippen LogP contribution < -0.4 is 4.74 Å². The molecule has 216 valence electrons. The van der Waals surface area contributed by atoms with Crippen LogP contribution in [0.4, 0.5) is 0 Å². The Kier molecular flexibility index (Phi) is 7.76. The zero-order valence-corrected chi connectivity index (χ0v) is 24.2. The number of nitrogens with zero attached hydrogens (tertiary/aromatic N) is 4. The maximum Gasteiger partial charge on any atom is 0.272 e. The van der Waals surface area contributed by atoms with Crippen molar-refractivity contribution in [2.45, 2.75) is 27.0 Å². The van der Waals surface area contributed by atoms with E-state index in [2.05, 4.69) is 0 Å². The summed E-state index contributed by atoms with van der Waals surface area (Å²) in [5, 5.41) is 14.8. The molecule has 0 bridgehead atoms. The fraction of sp³-hybridized carbons (Fsp3) is 0.111. The van der Waals surface area contributed by atoms with E-state index < -0.39 is 11.8 Å². The van der Waals surface area contributed by atoms with Crippen LogP contribution in [0, 0.1) is 18.3 Å². The van der Waals surface area contributed by atoms with Crippen molar-refractivity contribution < 1.29 is 18.7 Å². The number of imide groups is 1. The predicted octanol–water partition coefficient (Wildman–Crippen LogP) is 6.81. The van der Waals surface area contributed by atoms with Crippen LogP contribution in [0.1, 0.15) is 29.4 Å². The highest BCUT2D eigenvalue weighted by Gasteiger charge is 2.36. The van der Waals surface area contributed by atoms with Crippen LogP contribution in [0.15, 0.2) is 125 Å². The Hall–Kier alpha value is -5.94. The highest BCUT2D eigenvalue weighted by molar-refractivity contribution is 6.19. The van der Waals surface area contributed by atoms with Gasteiger partial charge >= 0.3 is 0 Å². The molecule has 6 rings (SSSR count).